The molecule has 0 heterocycles. The molecule has 0 aliphatic heterocycles. The first-order valence-electron chi connectivity index (χ1n) is 7.64. The number of carbonyl (C=O) groups is 1. The minimum Gasteiger partial charge on any atom is -0.489 e. The van der Waals surface area contributed by atoms with E-state index >= 15 is 0 Å². The predicted molar refractivity (Wildman–Crippen MR) is 91.4 cm³/mol. The van der Waals surface area contributed by atoms with E-state index in [4.69, 9.17) is 15.2 Å². The van der Waals surface area contributed by atoms with Crippen LogP contribution in [0, 0.1) is 11.7 Å². The van der Waals surface area contributed by atoms with Crippen molar-refractivity contribution in [1.82, 2.24) is 0 Å². The van der Waals surface area contributed by atoms with Gasteiger partial charge in [0, 0.05) is 6.07 Å². The monoisotopic (exact) mass is 332 g/mol. The van der Waals surface area contributed by atoms with Crippen molar-refractivity contribution in [1.29, 1.82) is 0 Å². The van der Waals surface area contributed by atoms with Crippen molar-refractivity contribution in [3.63, 3.8) is 0 Å². The first-order valence-corrected chi connectivity index (χ1v) is 7.64. The number of ether oxygens (including phenoxy) is 2. The fourth-order valence-electron chi connectivity index (χ4n) is 1.88. The summed E-state index contributed by atoms with van der Waals surface area (Å²) < 4.78 is 23.5. The number of carbonyl (C=O) groups excluding carboxylic acids is 1. The molecule has 0 atom stereocenters. The van der Waals surface area contributed by atoms with Crippen LogP contribution in [0.25, 0.3) is 0 Å². The van der Waals surface area contributed by atoms with Gasteiger partial charge in [0.05, 0.1) is 18.0 Å². The van der Waals surface area contributed by atoms with Gasteiger partial charge in [0.15, 0.2) is 0 Å². The summed E-state index contributed by atoms with van der Waals surface area (Å²) in [6.45, 7) is 4.54. The van der Waals surface area contributed by atoms with E-state index < -0.39 is 6.09 Å². The number of benzene rings is 2. The van der Waals surface area contributed by atoms with Gasteiger partial charge in [-0.15, -0.1) is 0 Å². The quantitative estimate of drug-likeness (QED) is 0.778. The van der Waals surface area contributed by atoms with Gasteiger partial charge in [-0.2, -0.15) is 0 Å². The number of halogens is 1. The van der Waals surface area contributed by atoms with Crippen molar-refractivity contribution < 1.29 is 18.7 Å². The molecule has 6 heteroatoms. The van der Waals surface area contributed by atoms with E-state index in [9.17, 15) is 9.18 Å². The van der Waals surface area contributed by atoms with Crippen LogP contribution in [0.15, 0.2) is 42.5 Å². The molecule has 2 rings (SSSR count). The average Bonchev–Trinajstić information content (AvgIpc) is 2.55. The smallest absolute Gasteiger partial charge is 0.411 e. The predicted octanol–water partition coefficient (Wildman–Crippen LogP) is 4.19. The van der Waals surface area contributed by atoms with Crippen LogP contribution in [0.1, 0.15) is 19.4 Å². The maximum atomic E-state index is 12.8. The van der Waals surface area contributed by atoms with Gasteiger partial charge in [0.2, 0.25) is 0 Å². The molecule has 0 fully saturated rings. The second-order valence-corrected chi connectivity index (χ2v) is 5.78. The van der Waals surface area contributed by atoms with Crippen molar-refractivity contribution in [2.45, 2.75) is 20.5 Å². The Morgan fingerprint density at radius 1 is 1.21 bits per heavy atom. The SMILES string of the molecule is CC(C)COC(=O)Nc1ccc(OCc2ccc(F)cc2)cc1N. The molecule has 2 aromatic carbocycles. The maximum absolute atomic E-state index is 12.8. The highest BCUT2D eigenvalue weighted by atomic mass is 19.1. The van der Waals surface area contributed by atoms with E-state index in [1.165, 1.54) is 12.1 Å². The van der Waals surface area contributed by atoms with Crippen molar-refractivity contribution in [2.75, 3.05) is 17.7 Å². The number of rotatable bonds is 6. The summed E-state index contributed by atoms with van der Waals surface area (Å²) in [6.07, 6.45) is -0.546. The number of hydrogen-bond donors (Lipinski definition) is 2. The Morgan fingerprint density at radius 2 is 1.92 bits per heavy atom. The van der Waals surface area contributed by atoms with Gasteiger partial charge in [0.25, 0.3) is 0 Å². The molecule has 128 valence electrons. The molecule has 0 saturated heterocycles. The van der Waals surface area contributed by atoms with E-state index in [1.54, 1.807) is 30.3 Å². The van der Waals surface area contributed by atoms with E-state index in [1.807, 2.05) is 13.8 Å². The summed E-state index contributed by atoms with van der Waals surface area (Å²) in [5, 5.41) is 2.59. The largest absolute Gasteiger partial charge is 0.489 e. The minimum absolute atomic E-state index is 0.260. The highest BCUT2D eigenvalue weighted by Gasteiger charge is 2.08. The minimum atomic E-state index is -0.546. The molecule has 24 heavy (non-hydrogen) atoms. The molecule has 0 spiro atoms. The van der Waals surface area contributed by atoms with E-state index in [2.05, 4.69) is 5.32 Å². The highest BCUT2D eigenvalue weighted by Crippen LogP contribution is 2.25. The number of nitrogens with two attached hydrogens (primary N) is 1. The van der Waals surface area contributed by atoms with Crippen LogP contribution >= 0.6 is 0 Å². The highest BCUT2D eigenvalue weighted by molar-refractivity contribution is 5.89. The Balaban J connectivity index is 1.91. The standard InChI is InChI=1S/C18H21FN2O3/c1-12(2)10-24-18(22)21-17-8-7-15(9-16(17)20)23-11-13-3-5-14(19)6-4-13/h3-9,12H,10-11,20H2,1-2H3,(H,21,22). The average molecular weight is 332 g/mol. The van der Waals surface area contributed by atoms with Gasteiger partial charge < -0.3 is 15.2 Å². The topological polar surface area (TPSA) is 73.6 Å². The zero-order chi connectivity index (χ0) is 17.5. The third-order valence-electron chi connectivity index (χ3n) is 3.13. The normalized spacial score (nSPS) is 10.5. The molecule has 0 unspecified atom stereocenters. The summed E-state index contributed by atoms with van der Waals surface area (Å²) in [7, 11) is 0. The Labute approximate surface area is 140 Å². The van der Waals surface area contributed by atoms with Gasteiger partial charge in [-0.3, -0.25) is 5.32 Å². The van der Waals surface area contributed by atoms with Crippen LogP contribution in [0.3, 0.4) is 0 Å². The first kappa shape index (κ1) is 17.6. The van der Waals surface area contributed by atoms with Gasteiger partial charge in [-0.1, -0.05) is 26.0 Å². The lowest BCUT2D eigenvalue weighted by Crippen LogP contribution is -2.17. The Bertz CT molecular complexity index is 687. The molecule has 0 radical (unpaired) electrons. The van der Waals surface area contributed by atoms with Crippen LogP contribution < -0.4 is 15.8 Å². The van der Waals surface area contributed by atoms with Crippen molar-refractivity contribution in [3.05, 3.63) is 53.8 Å². The molecule has 0 aliphatic rings. The lowest BCUT2D eigenvalue weighted by atomic mass is 10.2. The molecular formula is C18H21FN2O3. The Kier molecular flexibility index (Phi) is 6.01. The molecule has 0 bridgehead atoms. The zero-order valence-corrected chi connectivity index (χ0v) is 13.7. The van der Waals surface area contributed by atoms with E-state index in [-0.39, 0.29) is 11.7 Å². The van der Waals surface area contributed by atoms with Crippen LogP contribution in [0.5, 0.6) is 5.75 Å². The van der Waals surface area contributed by atoms with Crippen molar-refractivity contribution in [2.24, 2.45) is 5.92 Å². The fourth-order valence-corrected chi connectivity index (χ4v) is 1.88. The lowest BCUT2D eigenvalue weighted by molar-refractivity contribution is 0.147. The van der Waals surface area contributed by atoms with Gasteiger partial charge in [0.1, 0.15) is 18.2 Å². The Hall–Kier alpha value is -2.76. The Morgan fingerprint density at radius 3 is 2.54 bits per heavy atom. The first-order chi connectivity index (χ1) is 11.4. The fraction of sp³-hybridized carbons (Fsp3) is 0.278. The summed E-state index contributed by atoms with van der Waals surface area (Å²) in [5.41, 5.74) is 7.58. The molecule has 5 nitrogen and oxygen atoms in total. The second-order valence-electron chi connectivity index (χ2n) is 5.78. The lowest BCUT2D eigenvalue weighted by Gasteiger charge is -2.12. The second kappa shape index (κ2) is 8.19. The van der Waals surface area contributed by atoms with E-state index in [0.717, 1.165) is 5.56 Å². The van der Waals surface area contributed by atoms with Crippen LogP contribution in [-0.4, -0.2) is 12.7 Å². The summed E-state index contributed by atoms with van der Waals surface area (Å²) in [4.78, 5) is 11.6. The third kappa shape index (κ3) is 5.46. The number of amides is 1. The molecule has 2 aromatic rings. The van der Waals surface area contributed by atoms with Gasteiger partial charge in [-0.25, -0.2) is 9.18 Å². The summed E-state index contributed by atoms with van der Waals surface area (Å²) in [6, 6.07) is 11.0. The molecule has 0 aliphatic carbocycles. The maximum Gasteiger partial charge on any atom is 0.411 e. The van der Waals surface area contributed by atoms with Crippen LogP contribution in [0.2, 0.25) is 0 Å². The van der Waals surface area contributed by atoms with Gasteiger partial charge in [-0.05, 0) is 35.7 Å². The van der Waals surface area contributed by atoms with Crippen LogP contribution in [-0.2, 0) is 11.3 Å². The van der Waals surface area contributed by atoms with Crippen molar-refractivity contribution in [3.8, 4) is 5.75 Å². The molecule has 3 N–H and O–H groups in total. The molecular weight excluding hydrogens is 311 g/mol. The number of hydrogen-bond acceptors (Lipinski definition) is 4. The zero-order valence-electron chi connectivity index (χ0n) is 13.7. The summed E-state index contributed by atoms with van der Waals surface area (Å²) in [5.74, 6) is 0.524. The summed E-state index contributed by atoms with van der Waals surface area (Å²) >= 11 is 0. The van der Waals surface area contributed by atoms with Crippen LogP contribution in [0.4, 0.5) is 20.6 Å². The molecule has 0 saturated carbocycles. The van der Waals surface area contributed by atoms with Gasteiger partial charge >= 0.3 is 6.09 Å². The van der Waals surface area contributed by atoms with E-state index in [0.29, 0.717) is 30.3 Å². The van der Waals surface area contributed by atoms with Crippen molar-refractivity contribution >= 4 is 17.5 Å². The third-order valence-corrected chi connectivity index (χ3v) is 3.13. The number of nitrogens with one attached hydrogen (secondary N) is 1. The molecule has 1 amide bonds. The number of anilines is 2. The molecule has 0 aromatic heterocycles. The number of nitrogen functional groups attached to an aromatic ring is 1.